The Kier molecular flexibility index (Phi) is 0.587. The first-order valence-corrected chi connectivity index (χ1v) is 2.97. The van der Waals surface area contributed by atoms with E-state index in [-0.39, 0.29) is 0 Å². The number of rotatable bonds is 0. The lowest BCUT2D eigenvalue weighted by molar-refractivity contribution is 1.04. The van der Waals surface area contributed by atoms with Gasteiger partial charge in [0.1, 0.15) is 0 Å². The van der Waals surface area contributed by atoms with Crippen molar-refractivity contribution in [2.24, 2.45) is 0 Å². The second-order valence-corrected chi connectivity index (χ2v) is 2.36. The van der Waals surface area contributed by atoms with E-state index in [9.17, 15) is 0 Å². The van der Waals surface area contributed by atoms with Gasteiger partial charge in [0.05, 0.1) is 0 Å². The highest BCUT2D eigenvalue weighted by Gasteiger charge is 2.19. The molecule has 0 aliphatic heterocycles. The summed E-state index contributed by atoms with van der Waals surface area (Å²) in [6.45, 7) is 3.94. The Bertz CT molecular complexity index is 182. The molecule has 40 valence electrons. The predicted molar refractivity (Wildman–Crippen MR) is 34.5 cm³/mol. The van der Waals surface area contributed by atoms with Crippen molar-refractivity contribution in [2.45, 2.75) is 12.8 Å². The largest absolute Gasteiger partial charge is 0.0912 e. The van der Waals surface area contributed by atoms with E-state index < -0.39 is 0 Å². The number of hydrogen-bond donors (Lipinski definition) is 0. The molecule has 0 heterocycles. The molecule has 0 nitrogen and oxygen atoms in total. The predicted octanol–water partition coefficient (Wildman–Crippen LogP) is 2.20. The van der Waals surface area contributed by atoms with Crippen molar-refractivity contribution >= 4 is 0 Å². The summed E-state index contributed by atoms with van der Waals surface area (Å²) in [4.78, 5) is 0. The third kappa shape index (κ3) is 0.313. The molecule has 0 aromatic rings. The van der Waals surface area contributed by atoms with E-state index in [4.69, 9.17) is 0 Å². The fourth-order valence-electron chi connectivity index (χ4n) is 1.35. The van der Waals surface area contributed by atoms with Gasteiger partial charge in [0.2, 0.25) is 0 Å². The summed E-state index contributed by atoms with van der Waals surface area (Å²) in [6.07, 6.45) is 6.84. The van der Waals surface area contributed by atoms with Crippen LogP contribution in [0.5, 0.6) is 0 Å². The van der Waals surface area contributed by atoms with Gasteiger partial charge < -0.3 is 0 Å². The minimum absolute atomic E-state index is 1.24. The average molecular weight is 104 g/mol. The zero-order valence-corrected chi connectivity index (χ0v) is 4.78. The first-order valence-electron chi connectivity index (χ1n) is 2.97. The summed E-state index contributed by atoms with van der Waals surface area (Å²) >= 11 is 0. The molecule has 0 unspecified atom stereocenters. The lowest BCUT2D eigenvalue weighted by Crippen LogP contribution is -1.67. The second-order valence-electron chi connectivity index (χ2n) is 2.36. The third-order valence-corrected chi connectivity index (χ3v) is 1.92. The highest BCUT2D eigenvalue weighted by molar-refractivity contribution is 5.57. The quantitative estimate of drug-likeness (QED) is 0.442. The minimum atomic E-state index is 1.24. The van der Waals surface area contributed by atoms with Crippen molar-refractivity contribution < 1.29 is 0 Å². The molecule has 0 aromatic carbocycles. The van der Waals surface area contributed by atoms with Crippen LogP contribution in [-0.4, -0.2) is 0 Å². The average Bonchev–Trinajstić information content (AvgIpc) is 2.29. The molecule has 0 spiro atoms. The maximum atomic E-state index is 3.94. The van der Waals surface area contributed by atoms with E-state index >= 15 is 0 Å². The van der Waals surface area contributed by atoms with Gasteiger partial charge >= 0.3 is 0 Å². The number of allylic oxidation sites excluding steroid dienone is 5. The summed E-state index contributed by atoms with van der Waals surface area (Å²) in [7, 11) is 0. The Balaban J connectivity index is 2.58. The van der Waals surface area contributed by atoms with Gasteiger partial charge in [-0.05, 0) is 29.6 Å². The van der Waals surface area contributed by atoms with Crippen LogP contribution >= 0.6 is 0 Å². The van der Waals surface area contributed by atoms with Crippen LogP contribution in [0.1, 0.15) is 12.8 Å². The summed E-state index contributed by atoms with van der Waals surface area (Å²) in [5.41, 5.74) is 4.21. The SMILES string of the molecule is C=C1C2=CC=C1CC2. The van der Waals surface area contributed by atoms with Gasteiger partial charge in [0.15, 0.2) is 0 Å². The molecule has 0 amide bonds. The molecule has 1 fully saturated rings. The minimum Gasteiger partial charge on any atom is -0.0912 e. The topological polar surface area (TPSA) is 0 Å². The van der Waals surface area contributed by atoms with Crippen LogP contribution in [0.2, 0.25) is 0 Å². The summed E-state index contributed by atoms with van der Waals surface area (Å²) in [6, 6.07) is 0. The zero-order valence-electron chi connectivity index (χ0n) is 4.78. The van der Waals surface area contributed by atoms with Gasteiger partial charge in [-0.25, -0.2) is 0 Å². The van der Waals surface area contributed by atoms with Gasteiger partial charge in [0, 0.05) is 0 Å². The fourth-order valence-corrected chi connectivity index (χ4v) is 1.35. The highest BCUT2D eigenvalue weighted by atomic mass is 14.2. The number of fused-ring (bicyclic) bond motifs is 2. The van der Waals surface area contributed by atoms with Crippen molar-refractivity contribution in [1.82, 2.24) is 0 Å². The van der Waals surface area contributed by atoms with E-state index in [1.54, 1.807) is 0 Å². The van der Waals surface area contributed by atoms with Crippen molar-refractivity contribution in [3.8, 4) is 0 Å². The normalized spacial score (nSPS) is 23.8. The fraction of sp³-hybridized carbons (Fsp3) is 0.250. The molecule has 0 saturated heterocycles. The van der Waals surface area contributed by atoms with Gasteiger partial charge in [-0.1, -0.05) is 18.7 Å². The van der Waals surface area contributed by atoms with Crippen molar-refractivity contribution in [3.63, 3.8) is 0 Å². The molecular formula is C8H8. The lowest BCUT2D eigenvalue weighted by Gasteiger charge is -1.86. The summed E-state index contributed by atoms with van der Waals surface area (Å²) < 4.78 is 0. The van der Waals surface area contributed by atoms with E-state index in [0.29, 0.717) is 0 Å². The maximum absolute atomic E-state index is 3.94. The standard InChI is InChI=1S/C8H8/c1-6-7-2-3-8(6)5-4-7/h2-3H,1,4-5H2. The van der Waals surface area contributed by atoms with E-state index in [1.807, 2.05) is 0 Å². The Hall–Kier alpha value is -0.780. The first kappa shape index (κ1) is 4.13. The molecule has 2 aliphatic carbocycles. The molecule has 1 saturated carbocycles. The molecular weight excluding hydrogens is 96.1 g/mol. The summed E-state index contributed by atoms with van der Waals surface area (Å²) in [5, 5.41) is 0. The monoisotopic (exact) mass is 104 g/mol. The van der Waals surface area contributed by atoms with Crippen LogP contribution in [0.4, 0.5) is 0 Å². The van der Waals surface area contributed by atoms with E-state index in [2.05, 4.69) is 18.7 Å². The van der Waals surface area contributed by atoms with Crippen LogP contribution in [0.25, 0.3) is 0 Å². The van der Waals surface area contributed by atoms with E-state index in [0.717, 1.165) is 0 Å². The molecule has 0 heteroatoms. The van der Waals surface area contributed by atoms with Crippen molar-refractivity contribution in [2.75, 3.05) is 0 Å². The van der Waals surface area contributed by atoms with Crippen molar-refractivity contribution in [3.05, 3.63) is 35.5 Å². The Morgan fingerprint density at radius 1 is 1.12 bits per heavy atom. The van der Waals surface area contributed by atoms with Crippen LogP contribution < -0.4 is 0 Å². The first-order chi connectivity index (χ1) is 3.88. The third-order valence-electron chi connectivity index (χ3n) is 1.92. The van der Waals surface area contributed by atoms with Gasteiger partial charge in [0.25, 0.3) is 0 Å². The second kappa shape index (κ2) is 1.13. The number of hydrogen-bond acceptors (Lipinski definition) is 0. The highest BCUT2D eigenvalue weighted by Crippen LogP contribution is 2.38. The molecule has 8 heavy (non-hydrogen) atoms. The Labute approximate surface area is 49.2 Å². The van der Waals surface area contributed by atoms with Crippen molar-refractivity contribution in [1.29, 1.82) is 0 Å². The zero-order chi connectivity index (χ0) is 5.56. The van der Waals surface area contributed by atoms with Gasteiger partial charge in [-0.15, -0.1) is 0 Å². The van der Waals surface area contributed by atoms with Crippen LogP contribution in [0.15, 0.2) is 35.5 Å². The molecule has 0 radical (unpaired) electrons. The smallest absolute Gasteiger partial charge is 0.0232 e. The van der Waals surface area contributed by atoms with Crippen LogP contribution in [-0.2, 0) is 0 Å². The molecule has 2 aliphatic rings. The van der Waals surface area contributed by atoms with Gasteiger partial charge in [-0.2, -0.15) is 0 Å². The Morgan fingerprint density at radius 3 is 1.75 bits per heavy atom. The van der Waals surface area contributed by atoms with Crippen LogP contribution in [0.3, 0.4) is 0 Å². The van der Waals surface area contributed by atoms with Crippen LogP contribution in [0, 0.1) is 0 Å². The Morgan fingerprint density at radius 2 is 1.62 bits per heavy atom. The van der Waals surface area contributed by atoms with Gasteiger partial charge in [-0.3, -0.25) is 0 Å². The molecule has 0 atom stereocenters. The molecule has 0 N–H and O–H groups in total. The lowest BCUT2D eigenvalue weighted by atomic mass is 10.2. The van der Waals surface area contributed by atoms with E-state index in [1.165, 1.54) is 29.6 Å². The maximum Gasteiger partial charge on any atom is -0.0232 e. The molecule has 0 aromatic heterocycles. The molecule has 2 bridgehead atoms. The summed E-state index contributed by atoms with van der Waals surface area (Å²) in [5.74, 6) is 0. The molecule has 2 rings (SSSR count).